The van der Waals surface area contributed by atoms with Crippen molar-refractivity contribution in [3.8, 4) is 11.3 Å². The van der Waals surface area contributed by atoms with Crippen molar-refractivity contribution in [1.82, 2.24) is 14.4 Å². The van der Waals surface area contributed by atoms with Crippen molar-refractivity contribution in [2.45, 2.75) is 6.42 Å². The van der Waals surface area contributed by atoms with E-state index < -0.39 is 5.97 Å². The average Bonchev–Trinajstić information content (AvgIpc) is 2.99. The number of fused-ring (bicyclic) bond motifs is 5. The first-order valence-electron chi connectivity index (χ1n) is 5.92. The van der Waals surface area contributed by atoms with Crippen LogP contribution >= 0.6 is 12.4 Å². The first kappa shape index (κ1) is 12.6. The van der Waals surface area contributed by atoms with Crippen LogP contribution in [0.1, 0.15) is 21.7 Å². The summed E-state index contributed by atoms with van der Waals surface area (Å²) < 4.78 is 1.83. The molecule has 2 aromatic heterocycles. The Morgan fingerprint density at radius 1 is 1.30 bits per heavy atom. The molecule has 1 aliphatic rings. The quantitative estimate of drug-likeness (QED) is 0.584. The molecule has 0 unspecified atom stereocenters. The lowest BCUT2D eigenvalue weighted by atomic mass is 10.1. The third kappa shape index (κ3) is 1.60. The van der Waals surface area contributed by atoms with Gasteiger partial charge in [-0.25, -0.2) is 9.78 Å². The molecule has 1 aromatic carbocycles. The number of carboxylic acid groups (broad SMARTS) is 1. The van der Waals surface area contributed by atoms with Crippen molar-refractivity contribution >= 4 is 24.0 Å². The van der Waals surface area contributed by atoms with Crippen molar-refractivity contribution in [3.63, 3.8) is 0 Å². The Kier molecular flexibility index (Phi) is 2.72. The molecule has 6 heteroatoms. The van der Waals surface area contributed by atoms with Gasteiger partial charge in [0.05, 0.1) is 17.6 Å². The summed E-state index contributed by atoms with van der Waals surface area (Å²) in [6.07, 6.45) is 3.93. The van der Waals surface area contributed by atoms with Crippen molar-refractivity contribution < 1.29 is 9.90 Å². The Morgan fingerprint density at radius 3 is 2.90 bits per heavy atom. The van der Waals surface area contributed by atoms with Crippen molar-refractivity contribution in [3.05, 3.63) is 53.6 Å². The van der Waals surface area contributed by atoms with E-state index in [2.05, 4.69) is 16.0 Å². The Hall–Kier alpha value is -2.40. The maximum absolute atomic E-state index is 11.0. The molecule has 100 valence electrons. The number of carbonyl (C=O) groups is 1. The second-order valence-electron chi connectivity index (χ2n) is 4.55. The van der Waals surface area contributed by atoms with Crippen LogP contribution in [0.2, 0.25) is 0 Å². The molecule has 0 saturated heterocycles. The monoisotopic (exact) mass is 287 g/mol. The van der Waals surface area contributed by atoms with Gasteiger partial charge in [-0.05, 0) is 5.56 Å². The van der Waals surface area contributed by atoms with Crippen LogP contribution < -0.4 is 0 Å². The normalized spacial score (nSPS) is 11.8. The highest BCUT2D eigenvalue weighted by molar-refractivity contribution is 5.86. The third-order valence-corrected chi connectivity index (χ3v) is 3.46. The molecule has 0 amide bonds. The third-order valence-electron chi connectivity index (χ3n) is 3.46. The van der Waals surface area contributed by atoms with E-state index in [1.54, 1.807) is 12.4 Å². The number of aromatic carboxylic acids is 1. The van der Waals surface area contributed by atoms with Gasteiger partial charge in [-0.1, -0.05) is 24.3 Å². The Labute approximate surface area is 120 Å². The average molecular weight is 288 g/mol. The molecular formula is C14H10ClN3O2. The Bertz CT molecular complexity index is 842. The zero-order chi connectivity index (χ0) is 13.0. The molecule has 0 aliphatic heterocycles. The molecule has 4 rings (SSSR count). The largest absolute Gasteiger partial charge is 0.476 e. The van der Waals surface area contributed by atoms with Crippen molar-refractivity contribution in [2.24, 2.45) is 0 Å². The fourth-order valence-corrected chi connectivity index (χ4v) is 2.60. The van der Waals surface area contributed by atoms with E-state index >= 15 is 0 Å². The van der Waals surface area contributed by atoms with E-state index in [4.69, 9.17) is 5.11 Å². The number of rotatable bonds is 1. The SMILES string of the molecule is Cl.O=C(O)c1cn2c3c(ncc2n1)-c1ccccc1C3. The van der Waals surface area contributed by atoms with Crippen LogP contribution in [0.4, 0.5) is 0 Å². The van der Waals surface area contributed by atoms with Gasteiger partial charge in [-0.15, -0.1) is 12.4 Å². The summed E-state index contributed by atoms with van der Waals surface area (Å²) >= 11 is 0. The molecule has 0 spiro atoms. The molecule has 1 N–H and O–H groups in total. The van der Waals surface area contributed by atoms with Crippen molar-refractivity contribution in [2.75, 3.05) is 0 Å². The number of benzene rings is 1. The second kappa shape index (κ2) is 4.31. The van der Waals surface area contributed by atoms with Crippen LogP contribution in [0, 0.1) is 0 Å². The first-order valence-corrected chi connectivity index (χ1v) is 5.92. The standard InChI is InChI=1S/C14H9N3O2.ClH/c18-14(19)10-7-17-11-5-8-3-1-2-4-9(8)13(11)15-6-12(17)16-10;/h1-4,6-7H,5H2,(H,18,19);1H. The number of hydrogen-bond acceptors (Lipinski definition) is 3. The molecule has 2 heterocycles. The molecule has 3 aromatic rings. The molecule has 20 heavy (non-hydrogen) atoms. The summed E-state index contributed by atoms with van der Waals surface area (Å²) in [4.78, 5) is 19.5. The molecular weight excluding hydrogens is 278 g/mol. The minimum Gasteiger partial charge on any atom is -0.476 e. The van der Waals surface area contributed by atoms with E-state index in [0.29, 0.717) is 5.65 Å². The van der Waals surface area contributed by atoms with Crippen LogP contribution in [0.3, 0.4) is 0 Å². The van der Waals surface area contributed by atoms with E-state index in [9.17, 15) is 4.79 Å². The smallest absolute Gasteiger partial charge is 0.356 e. The number of aromatic nitrogens is 3. The topological polar surface area (TPSA) is 67.5 Å². The summed E-state index contributed by atoms with van der Waals surface area (Å²) in [5.74, 6) is -1.02. The van der Waals surface area contributed by atoms with E-state index in [-0.39, 0.29) is 18.1 Å². The highest BCUT2D eigenvalue weighted by Crippen LogP contribution is 2.34. The summed E-state index contributed by atoms with van der Waals surface area (Å²) in [6.45, 7) is 0. The van der Waals surface area contributed by atoms with Gasteiger partial charge in [-0.3, -0.25) is 9.38 Å². The zero-order valence-electron chi connectivity index (χ0n) is 10.3. The number of imidazole rings is 1. The van der Waals surface area contributed by atoms with Gasteiger partial charge < -0.3 is 5.11 Å². The van der Waals surface area contributed by atoms with Gasteiger partial charge in [0, 0.05) is 18.2 Å². The minimum atomic E-state index is -1.02. The summed E-state index contributed by atoms with van der Waals surface area (Å²) in [5.41, 5.74) is 4.86. The van der Waals surface area contributed by atoms with Gasteiger partial charge in [0.15, 0.2) is 11.3 Å². The summed E-state index contributed by atoms with van der Waals surface area (Å²) in [6, 6.07) is 8.09. The predicted octanol–water partition coefficient (Wildman–Crippen LogP) is 2.42. The number of carboxylic acids is 1. The van der Waals surface area contributed by atoms with E-state index in [0.717, 1.165) is 23.4 Å². The molecule has 5 nitrogen and oxygen atoms in total. The Morgan fingerprint density at radius 2 is 2.10 bits per heavy atom. The maximum atomic E-state index is 11.0. The maximum Gasteiger partial charge on any atom is 0.356 e. The van der Waals surface area contributed by atoms with Gasteiger partial charge in [-0.2, -0.15) is 0 Å². The van der Waals surface area contributed by atoms with E-state index in [1.165, 1.54) is 5.56 Å². The van der Waals surface area contributed by atoms with Gasteiger partial charge >= 0.3 is 5.97 Å². The Balaban J connectivity index is 0.00000121. The number of halogens is 1. The molecule has 0 fully saturated rings. The van der Waals surface area contributed by atoms with Crippen LogP contribution in [0.25, 0.3) is 16.9 Å². The van der Waals surface area contributed by atoms with Crippen LogP contribution in [-0.4, -0.2) is 25.4 Å². The number of hydrogen-bond donors (Lipinski definition) is 1. The van der Waals surface area contributed by atoms with Crippen molar-refractivity contribution in [1.29, 1.82) is 0 Å². The lowest BCUT2D eigenvalue weighted by Gasteiger charge is -2.01. The minimum absolute atomic E-state index is 0. The molecule has 1 aliphatic carbocycles. The lowest BCUT2D eigenvalue weighted by Crippen LogP contribution is -1.96. The molecule has 0 atom stereocenters. The highest BCUT2D eigenvalue weighted by atomic mass is 35.5. The fourth-order valence-electron chi connectivity index (χ4n) is 2.60. The predicted molar refractivity (Wildman–Crippen MR) is 75.4 cm³/mol. The fraction of sp³-hybridized carbons (Fsp3) is 0.0714. The molecule has 0 saturated carbocycles. The van der Waals surface area contributed by atoms with Crippen LogP contribution in [0.5, 0.6) is 0 Å². The van der Waals surface area contributed by atoms with Crippen LogP contribution in [0.15, 0.2) is 36.7 Å². The lowest BCUT2D eigenvalue weighted by molar-refractivity contribution is 0.0691. The van der Waals surface area contributed by atoms with Gasteiger partial charge in [0.25, 0.3) is 0 Å². The zero-order valence-corrected chi connectivity index (χ0v) is 11.1. The molecule has 0 radical (unpaired) electrons. The molecule has 0 bridgehead atoms. The summed E-state index contributed by atoms with van der Waals surface area (Å²) in [5, 5.41) is 9.01. The van der Waals surface area contributed by atoms with Crippen LogP contribution in [-0.2, 0) is 6.42 Å². The number of nitrogens with zero attached hydrogens (tertiary/aromatic N) is 3. The van der Waals surface area contributed by atoms with E-state index in [1.807, 2.05) is 22.6 Å². The van der Waals surface area contributed by atoms with Gasteiger partial charge in [0.1, 0.15) is 0 Å². The van der Waals surface area contributed by atoms with Gasteiger partial charge in [0.2, 0.25) is 0 Å². The highest BCUT2D eigenvalue weighted by Gasteiger charge is 2.23. The first-order chi connectivity index (χ1) is 9.24. The second-order valence-corrected chi connectivity index (χ2v) is 4.55. The summed E-state index contributed by atoms with van der Waals surface area (Å²) in [7, 11) is 0.